The van der Waals surface area contributed by atoms with Crippen LogP contribution in [0.2, 0.25) is 0 Å². The van der Waals surface area contributed by atoms with Crippen LogP contribution in [0.4, 0.5) is 5.69 Å². The van der Waals surface area contributed by atoms with Gasteiger partial charge in [-0.3, -0.25) is 0 Å². The summed E-state index contributed by atoms with van der Waals surface area (Å²) in [6.07, 6.45) is 1.79. The van der Waals surface area contributed by atoms with Crippen LogP contribution in [0.25, 0.3) is 0 Å². The molecule has 100 valence electrons. The van der Waals surface area contributed by atoms with Gasteiger partial charge in [0.25, 0.3) is 0 Å². The molecule has 4 nitrogen and oxygen atoms in total. The van der Waals surface area contributed by atoms with Crippen LogP contribution in [-0.2, 0) is 0 Å². The average molecular weight is 250 g/mol. The number of hydrogen-bond acceptors (Lipinski definition) is 3. The Kier molecular flexibility index (Phi) is 6.05. The second-order valence-corrected chi connectivity index (χ2v) is 3.85. The summed E-state index contributed by atoms with van der Waals surface area (Å²) < 4.78 is 11.0. The van der Waals surface area contributed by atoms with Gasteiger partial charge in [0, 0.05) is 12.5 Å². The van der Waals surface area contributed by atoms with Gasteiger partial charge in [-0.05, 0) is 32.4 Å². The van der Waals surface area contributed by atoms with E-state index in [1.54, 1.807) is 0 Å². The summed E-state index contributed by atoms with van der Waals surface area (Å²) in [7, 11) is 0. The van der Waals surface area contributed by atoms with Gasteiger partial charge in [-0.2, -0.15) is 0 Å². The van der Waals surface area contributed by atoms with Gasteiger partial charge in [-0.15, -0.1) is 0 Å². The minimum absolute atomic E-state index is 0.595. The van der Waals surface area contributed by atoms with Crippen molar-refractivity contribution in [3.05, 3.63) is 18.2 Å². The molecule has 0 aliphatic carbocycles. The van der Waals surface area contributed by atoms with E-state index in [1.807, 2.05) is 32.0 Å². The van der Waals surface area contributed by atoms with Crippen molar-refractivity contribution in [2.45, 2.75) is 33.6 Å². The van der Waals surface area contributed by atoms with Crippen molar-refractivity contribution in [3.63, 3.8) is 0 Å². The van der Waals surface area contributed by atoms with Crippen molar-refractivity contribution < 1.29 is 9.47 Å². The summed E-state index contributed by atoms with van der Waals surface area (Å²) in [6, 6.07) is 5.61. The van der Waals surface area contributed by atoms with Crippen LogP contribution in [0.5, 0.6) is 11.5 Å². The van der Waals surface area contributed by atoms with Crippen molar-refractivity contribution in [1.29, 1.82) is 0 Å². The largest absolute Gasteiger partial charge is 0.490 e. The highest BCUT2D eigenvalue weighted by Crippen LogP contribution is 2.31. The second kappa shape index (κ2) is 7.58. The topological polar surface area (TPSA) is 56.8 Å². The summed E-state index contributed by atoms with van der Waals surface area (Å²) in [5, 5.41) is 0. The zero-order valence-electron chi connectivity index (χ0n) is 11.4. The monoisotopic (exact) mass is 250 g/mol. The van der Waals surface area contributed by atoms with Crippen LogP contribution in [0.3, 0.4) is 0 Å². The molecule has 0 atom stereocenters. The van der Waals surface area contributed by atoms with E-state index in [0.717, 1.165) is 24.3 Å². The van der Waals surface area contributed by atoms with E-state index in [-0.39, 0.29) is 0 Å². The molecule has 0 amide bonds. The molecule has 0 saturated heterocycles. The number of rotatable bonds is 7. The van der Waals surface area contributed by atoms with E-state index in [0.29, 0.717) is 24.8 Å². The number of aliphatic imine (C=N–C) groups is 1. The predicted molar refractivity (Wildman–Crippen MR) is 75.0 cm³/mol. The molecule has 0 aromatic heterocycles. The molecule has 0 spiro atoms. The van der Waals surface area contributed by atoms with E-state index in [2.05, 4.69) is 11.9 Å². The maximum atomic E-state index is 5.81. The Hall–Kier alpha value is -1.71. The molecule has 0 unspecified atom stereocenters. The Morgan fingerprint density at radius 1 is 1.11 bits per heavy atom. The lowest BCUT2D eigenvalue weighted by Crippen LogP contribution is -2.09. The predicted octanol–water partition coefficient (Wildman–Crippen LogP) is 3.27. The molecule has 0 saturated carbocycles. The van der Waals surface area contributed by atoms with E-state index < -0.39 is 0 Å². The Morgan fingerprint density at radius 2 is 1.78 bits per heavy atom. The van der Waals surface area contributed by atoms with Crippen LogP contribution in [0.1, 0.15) is 33.6 Å². The molecular formula is C14H22N2O2. The Balaban J connectivity index is 2.95. The summed E-state index contributed by atoms with van der Waals surface area (Å²) in [4.78, 5) is 4.35. The third-order valence-electron chi connectivity index (χ3n) is 2.31. The standard InChI is InChI=1S/C14H22N2O2/c1-4-7-14(15)16-11-8-9-12(17-5-2)13(10-11)18-6-3/h8-10H,4-7H2,1-3H3,(H2,15,16). The molecule has 0 aliphatic heterocycles. The minimum Gasteiger partial charge on any atom is -0.490 e. The summed E-state index contributed by atoms with van der Waals surface area (Å²) in [5.74, 6) is 2.10. The molecule has 0 bridgehead atoms. The van der Waals surface area contributed by atoms with Crippen LogP contribution < -0.4 is 15.2 Å². The number of benzene rings is 1. The molecule has 1 aromatic carbocycles. The van der Waals surface area contributed by atoms with Gasteiger partial charge < -0.3 is 15.2 Å². The lowest BCUT2D eigenvalue weighted by atomic mass is 10.2. The summed E-state index contributed by atoms with van der Waals surface area (Å²) in [5.41, 5.74) is 6.61. The van der Waals surface area contributed by atoms with Gasteiger partial charge in [0.1, 0.15) is 0 Å². The SMILES string of the molecule is CCCC(N)=Nc1ccc(OCC)c(OCC)c1. The number of amidine groups is 1. The normalized spacial score (nSPS) is 11.4. The Morgan fingerprint density at radius 3 is 2.39 bits per heavy atom. The van der Waals surface area contributed by atoms with E-state index >= 15 is 0 Å². The first-order valence-corrected chi connectivity index (χ1v) is 6.43. The number of nitrogens with zero attached hydrogens (tertiary/aromatic N) is 1. The van der Waals surface area contributed by atoms with E-state index in [9.17, 15) is 0 Å². The molecule has 0 fully saturated rings. The van der Waals surface area contributed by atoms with Gasteiger partial charge >= 0.3 is 0 Å². The summed E-state index contributed by atoms with van der Waals surface area (Å²) in [6.45, 7) is 7.17. The highest BCUT2D eigenvalue weighted by molar-refractivity contribution is 5.83. The lowest BCUT2D eigenvalue weighted by Gasteiger charge is -2.11. The quantitative estimate of drug-likeness (QED) is 0.597. The first kappa shape index (κ1) is 14.4. The third-order valence-corrected chi connectivity index (χ3v) is 2.31. The molecule has 1 aromatic rings. The van der Waals surface area contributed by atoms with Gasteiger partial charge in [0.15, 0.2) is 11.5 Å². The van der Waals surface area contributed by atoms with Crippen molar-refractivity contribution in [3.8, 4) is 11.5 Å². The zero-order chi connectivity index (χ0) is 13.4. The first-order valence-electron chi connectivity index (χ1n) is 6.43. The summed E-state index contributed by atoms with van der Waals surface area (Å²) >= 11 is 0. The maximum Gasteiger partial charge on any atom is 0.163 e. The van der Waals surface area contributed by atoms with Gasteiger partial charge in [0.2, 0.25) is 0 Å². The molecular weight excluding hydrogens is 228 g/mol. The Bertz CT molecular complexity index is 403. The number of hydrogen-bond donors (Lipinski definition) is 1. The third kappa shape index (κ3) is 4.28. The fourth-order valence-corrected chi connectivity index (χ4v) is 1.59. The lowest BCUT2D eigenvalue weighted by molar-refractivity contribution is 0.288. The van der Waals surface area contributed by atoms with Crippen molar-refractivity contribution in [2.75, 3.05) is 13.2 Å². The molecule has 2 N–H and O–H groups in total. The van der Waals surface area contributed by atoms with Crippen molar-refractivity contribution in [2.24, 2.45) is 10.7 Å². The zero-order valence-corrected chi connectivity index (χ0v) is 11.4. The smallest absolute Gasteiger partial charge is 0.163 e. The molecule has 18 heavy (non-hydrogen) atoms. The minimum atomic E-state index is 0.595. The molecule has 1 rings (SSSR count). The molecule has 0 heterocycles. The fraction of sp³-hybridized carbons (Fsp3) is 0.500. The van der Waals surface area contributed by atoms with Crippen molar-refractivity contribution >= 4 is 11.5 Å². The molecule has 0 radical (unpaired) electrons. The number of nitrogens with two attached hydrogens (primary N) is 1. The fourth-order valence-electron chi connectivity index (χ4n) is 1.59. The van der Waals surface area contributed by atoms with Gasteiger partial charge in [0.05, 0.1) is 24.7 Å². The molecule has 0 aliphatic rings. The van der Waals surface area contributed by atoms with Crippen LogP contribution in [0.15, 0.2) is 23.2 Å². The Labute approximate surface area is 109 Å². The highest BCUT2D eigenvalue weighted by atomic mass is 16.5. The molecule has 4 heteroatoms. The van der Waals surface area contributed by atoms with Crippen LogP contribution in [0, 0.1) is 0 Å². The second-order valence-electron chi connectivity index (χ2n) is 3.85. The maximum absolute atomic E-state index is 5.81. The van der Waals surface area contributed by atoms with Crippen molar-refractivity contribution in [1.82, 2.24) is 0 Å². The number of ether oxygens (including phenoxy) is 2. The first-order chi connectivity index (χ1) is 8.71. The van der Waals surface area contributed by atoms with Gasteiger partial charge in [-0.1, -0.05) is 6.92 Å². The van der Waals surface area contributed by atoms with Gasteiger partial charge in [-0.25, -0.2) is 4.99 Å². The van der Waals surface area contributed by atoms with Crippen LogP contribution in [-0.4, -0.2) is 19.0 Å². The van der Waals surface area contributed by atoms with E-state index in [1.165, 1.54) is 0 Å². The van der Waals surface area contributed by atoms with Crippen LogP contribution >= 0.6 is 0 Å². The van der Waals surface area contributed by atoms with E-state index in [4.69, 9.17) is 15.2 Å². The highest BCUT2D eigenvalue weighted by Gasteiger charge is 2.05. The average Bonchev–Trinajstić information content (AvgIpc) is 2.33.